The maximum absolute atomic E-state index is 12.6. The van der Waals surface area contributed by atoms with Gasteiger partial charge >= 0.3 is 0 Å². The van der Waals surface area contributed by atoms with Gasteiger partial charge in [-0.1, -0.05) is 17.3 Å². The summed E-state index contributed by atoms with van der Waals surface area (Å²) in [5.41, 5.74) is 4.56. The van der Waals surface area contributed by atoms with Gasteiger partial charge in [0.05, 0.1) is 18.3 Å². The molecule has 0 spiro atoms. The highest BCUT2D eigenvalue weighted by Gasteiger charge is 2.20. The number of ether oxygens (including phenoxy) is 1. The SMILES string of the molecule is CCn1cc(-c2cc(C(=O)NC(C)c3ccc4c(c3)CCCO4)on2)c(C)n1. The standard InChI is InChI=1S/C21H24N4O3/c1-4-25-12-17(14(3)23-25)18-11-20(28-24-18)21(26)22-13(2)15-7-8-19-16(10-15)6-5-9-27-19/h7-8,10-13H,4-6,9H2,1-3H3,(H,22,26). The van der Waals surface area contributed by atoms with Crippen LogP contribution >= 0.6 is 0 Å². The number of hydrogen-bond donors (Lipinski definition) is 1. The number of aromatic nitrogens is 3. The highest BCUT2D eigenvalue weighted by Crippen LogP contribution is 2.28. The number of aryl methyl sites for hydroxylation is 3. The molecule has 3 heterocycles. The Bertz CT molecular complexity index is 1010. The first-order valence-corrected chi connectivity index (χ1v) is 9.62. The Kier molecular flexibility index (Phi) is 4.90. The van der Waals surface area contributed by atoms with Gasteiger partial charge in [0.25, 0.3) is 5.91 Å². The van der Waals surface area contributed by atoms with Crippen LogP contribution in [-0.4, -0.2) is 27.5 Å². The van der Waals surface area contributed by atoms with E-state index in [1.54, 1.807) is 6.07 Å². The first kappa shape index (κ1) is 18.3. The third kappa shape index (κ3) is 3.52. The van der Waals surface area contributed by atoms with Crippen molar-refractivity contribution < 1.29 is 14.1 Å². The molecule has 1 aromatic carbocycles. The minimum Gasteiger partial charge on any atom is -0.493 e. The molecule has 146 valence electrons. The van der Waals surface area contributed by atoms with E-state index in [4.69, 9.17) is 9.26 Å². The van der Waals surface area contributed by atoms with E-state index in [0.29, 0.717) is 5.69 Å². The van der Waals surface area contributed by atoms with Crippen molar-refractivity contribution in [1.82, 2.24) is 20.3 Å². The third-order valence-corrected chi connectivity index (χ3v) is 5.06. The molecule has 1 unspecified atom stereocenters. The minimum absolute atomic E-state index is 0.155. The second-order valence-electron chi connectivity index (χ2n) is 7.07. The molecule has 7 heteroatoms. The Morgan fingerprint density at radius 3 is 3.00 bits per heavy atom. The van der Waals surface area contributed by atoms with Crippen molar-refractivity contribution in [3.63, 3.8) is 0 Å². The zero-order valence-electron chi connectivity index (χ0n) is 16.4. The fraction of sp³-hybridized carbons (Fsp3) is 0.381. The lowest BCUT2D eigenvalue weighted by molar-refractivity contribution is 0.0902. The summed E-state index contributed by atoms with van der Waals surface area (Å²) < 4.78 is 12.8. The first-order chi connectivity index (χ1) is 13.5. The molecular formula is C21H24N4O3. The van der Waals surface area contributed by atoms with Crippen LogP contribution in [-0.2, 0) is 13.0 Å². The van der Waals surface area contributed by atoms with E-state index in [1.165, 1.54) is 5.56 Å². The molecule has 1 N–H and O–H groups in total. The van der Waals surface area contributed by atoms with Gasteiger partial charge in [0.1, 0.15) is 11.4 Å². The molecule has 28 heavy (non-hydrogen) atoms. The molecular weight excluding hydrogens is 356 g/mol. The van der Waals surface area contributed by atoms with Gasteiger partial charge in [-0.25, -0.2) is 0 Å². The summed E-state index contributed by atoms with van der Waals surface area (Å²) in [7, 11) is 0. The topological polar surface area (TPSA) is 82.2 Å². The molecule has 0 aliphatic carbocycles. The molecule has 1 aliphatic heterocycles. The molecule has 1 amide bonds. The molecule has 1 atom stereocenters. The number of rotatable bonds is 5. The van der Waals surface area contributed by atoms with Gasteiger partial charge in [-0.15, -0.1) is 0 Å². The lowest BCUT2D eigenvalue weighted by Gasteiger charge is -2.20. The number of amides is 1. The number of nitrogens with zero attached hydrogens (tertiary/aromatic N) is 3. The smallest absolute Gasteiger partial charge is 0.290 e. The maximum Gasteiger partial charge on any atom is 0.290 e. The van der Waals surface area contributed by atoms with Crippen LogP contribution in [0, 0.1) is 6.92 Å². The van der Waals surface area contributed by atoms with Crippen LogP contribution in [0.1, 0.15) is 53.7 Å². The third-order valence-electron chi connectivity index (χ3n) is 5.06. The summed E-state index contributed by atoms with van der Waals surface area (Å²) in [5, 5.41) is 11.4. The van der Waals surface area contributed by atoms with Crippen molar-refractivity contribution in [3.8, 4) is 17.0 Å². The molecule has 3 aromatic rings. The van der Waals surface area contributed by atoms with Crippen molar-refractivity contribution in [2.75, 3.05) is 6.61 Å². The van der Waals surface area contributed by atoms with E-state index in [2.05, 4.69) is 21.6 Å². The average Bonchev–Trinajstić information content (AvgIpc) is 3.34. The molecule has 0 saturated carbocycles. The highest BCUT2D eigenvalue weighted by molar-refractivity contribution is 5.92. The number of benzene rings is 1. The predicted molar refractivity (Wildman–Crippen MR) is 104 cm³/mol. The van der Waals surface area contributed by atoms with Gasteiger partial charge in [0.15, 0.2) is 0 Å². The average molecular weight is 380 g/mol. The number of hydrogen-bond acceptors (Lipinski definition) is 5. The second-order valence-corrected chi connectivity index (χ2v) is 7.07. The van der Waals surface area contributed by atoms with Crippen LogP contribution in [0.3, 0.4) is 0 Å². The lowest BCUT2D eigenvalue weighted by atomic mass is 10.00. The molecule has 0 radical (unpaired) electrons. The van der Waals surface area contributed by atoms with Gasteiger partial charge in [-0.05, 0) is 50.8 Å². The Morgan fingerprint density at radius 2 is 2.21 bits per heavy atom. The molecule has 7 nitrogen and oxygen atoms in total. The van der Waals surface area contributed by atoms with Gasteiger partial charge in [-0.2, -0.15) is 5.10 Å². The Balaban J connectivity index is 1.48. The van der Waals surface area contributed by atoms with E-state index >= 15 is 0 Å². The van der Waals surface area contributed by atoms with E-state index in [0.717, 1.165) is 48.6 Å². The molecule has 0 saturated heterocycles. The van der Waals surface area contributed by atoms with Crippen LogP contribution < -0.4 is 10.1 Å². The summed E-state index contributed by atoms with van der Waals surface area (Å²) in [5.74, 6) is 0.837. The van der Waals surface area contributed by atoms with Crippen LogP contribution in [0.5, 0.6) is 5.75 Å². The number of carbonyl (C=O) groups excluding carboxylic acids is 1. The highest BCUT2D eigenvalue weighted by atomic mass is 16.5. The van der Waals surface area contributed by atoms with Gasteiger partial charge in [0.2, 0.25) is 5.76 Å². The van der Waals surface area contributed by atoms with E-state index in [-0.39, 0.29) is 17.7 Å². The van der Waals surface area contributed by atoms with Crippen LogP contribution in [0.2, 0.25) is 0 Å². The summed E-state index contributed by atoms with van der Waals surface area (Å²) >= 11 is 0. The number of nitrogens with one attached hydrogen (secondary N) is 1. The fourth-order valence-corrected chi connectivity index (χ4v) is 3.44. The second kappa shape index (κ2) is 7.50. The number of fused-ring (bicyclic) bond motifs is 1. The molecule has 0 fully saturated rings. The van der Waals surface area contributed by atoms with Crippen LogP contribution in [0.15, 0.2) is 35.0 Å². The molecule has 1 aliphatic rings. The summed E-state index contributed by atoms with van der Waals surface area (Å²) in [6, 6.07) is 7.58. The van der Waals surface area contributed by atoms with E-state index in [9.17, 15) is 4.79 Å². The van der Waals surface area contributed by atoms with Crippen molar-refractivity contribution in [1.29, 1.82) is 0 Å². The molecule has 2 aromatic heterocycles. The van der Waals surface area contributed by atoms with E-state index < -0.39 is 0 Å². The fourth-order valence-electron chi connectivity index (χ4n) is 3.44. The number of carbonyl (C=O) groups is 1. The summed E-state index contributed by atoms with van der Waals surface area (Å²) in [4.78, 5) is 12.6. The Morgan fingerprint density at radius 1 is 1.36 bits per heavy atom. The van der Waals surface area contributed by atoms with Crippen molar-refractivity contribution in [2.24, 2.45) is 0 Å². The Labute approximate surface area is 163 Å². The van der Waals surface area contributed by atoms with Crippen LogP contribution in [0.25, 0.3) is 11.3 Å². The monoisotopic (exact) mass is 380 g/mol. The minimum atomic E-state index is -0.291. The molecule has 0 bridgehead atoms. The van der Waals surface area contributed by atoms with E-state index in [1.807, 2.05) is 43.8 Å². The zero-order chi connectivity index (χ0) is 19.7. The Hall–Kier alpha value is -3.09. The molecule has 4 rings (SSSR count). The largest absolute Gasteiger partial charge is 0.493 e. The quantitative estimate of drug-likeness (QED) is 0.730. The van der Waals surface area contributed by atoms with Gasteiger partial charge < -0.3 is 14.6 Å². The summed E-state index contributed by atoms with van der Waals surface area (Å²) in [6.45, 7) is 7.43. The zero-order valence-corrected chi connectivity index (χ0v) is 16.4. The van der Waals surface area contributed by atoms with Gasteiger partial charge in [0, 0.05) is 24.4 Å². The predicted octanol–water partition coefficient (Wildman–Crippen LogP) is 3.68. The first-order valence-electron chi connectivity index (χ1n) is 9.62. The van der Waals surface area contributed by atoms with Gasteiger partial charge in [-0.3, -0.25) is 9.48 Å². The maximum atomic E-state index is 12.6. The van der Waals surface area contributed by atoms with Crippen molar-refractivity contribution in [2.45, 2.75) is 46.2 Å². The van der Waals surface area contributed by atoms with Crippen molar-refractivity contribution >= 4 is 5.91 Å². The summed E-state index contributed by atoms with van der Waals surface area (Å²) in [6.07, 6.45) is 3.93. The van der Waals surface area contributed by atoms with Crippen molar-refractivity contribution in [3.05, 3.63) is 53.0 Å². The normalized spacial score (nSPS) is 14.2. The van der Waals surface area contributed by atoms with Crippen LogP contribution in [0.4, 0.5) is 0 Å². The lowest BCUT2D eigenvalue weighted by Crippen LogP contribution is -2.26.